The lowest BCUT2D eigenvalue weighted by Crippen LogP contribution is -2.75. The fourth-order valence-electron chi connectivity index (χ4n) is 1.18. The second kappa shape index (κ2) is 5.65. The highest BCUT2D eigenvalue weighted by atomic mass is 19.4. The van der Waals surface area contributed by atoms with Crippen LogP contribution in [0.5, 0.6) is 0 Å². The van der Waals surface area contributed by atoms with Gasteiger partial charge in [-0.3, -0.25) is 0 Å². The minimum absolute atomic E-state index is 7.18. The number of halogens is 16. The first-order valence-electron chi connectivity index (χ1n) is 5.22. The zero-order chi connectivity index (χ0) is 22.0. The second-order valence-corrected chi connectivity index (χ2v) is 4.53. The monoisotopic (exact) mass is 434 g/mol. The van der Waals surface area contributed by atoms with Crippen molar-refractivity contribution in [3.05, 3.63) is 0 Å². The van der Waals surface area contributed by atoms with Crippen molar-refractivity contribution in [1.29, 1.82) is 0 Å². The molecule has 0 aliphatic heterocycles. The van der Waals surface area contributed by atoms with Gasteiger partial charge in [-0.05, 0) is 0 Å². The summed E-state index contributed by atoms with van der Waals surface area (Å²) in [5.74, 6) is -49.3. The first kappa shape index (κ1) is 24.8. The maximum absolute atomic E-state index is 12.9. The van der Waals surface area contributed by atoms with E-state index in [4.69, 9.17) is 10.2 Å². The van der Waals surface area contributed by atoms with E-state index in [2.05, 4.69) is 0 Å². The number of alkyl halides is 16. The van der Waals surface area contributed by atoms with Gasteiger partial charge >= 0.3 is 47.8 Å². The van der Waals surface area contributed by atoms with Gasteiger partial charge in [0.25, 0.3) is 0 Å². The van der Waals surface area contributed by atoms with Crippen LogP contribution in [0.2, 0.25) is 0 Å². The van der Waals surface area contributed by atoms with E-state index < -0.39 is 47.8 Å². The highest BCUT2D eigenvalue weighted by Gasteiger charge is 2.94. The molecular formula is C8H2F16O2. The van der Waals surface area contributed by atoms with Crippen LogP contribution in [0.25, 0.3) is 0 Å². The molecule has 0 bridgehead atoms. The Bertz CT molecular complexity index is 477. The molecule has 0 saturated heterocycles. The summed E-state index contributed by atoms with van der Waals surface area (Å²) in [6, 6.07) is 0. The highest BCUT2D eigenvalue weighted by molar-refractivity contribution is 5.13. The quantitative estimate of drug-likeness (QED) is 0.622. The molecule has 26 heavy (non-hydrogen) atoms. The average molecular weight is 434 g/mol. The predicted octanol–water partition coefficient (Wildman–Crippen LogP) is 3.97. The zero-order valence-electron chi connectivity index (χ0n) is 10.9. The Balaban J connectivity index is 6.61. The van der Waals surface area contributed by atoms with E-state index in [0.717, 1.165) is 0 Å². The molecule has 158 valence electrons. The summed E-state index contributed by atoms with van der Waals surface area (Å²) in [7, 11) is 0. The molecule has 0 aliphatic carbocycles. The van der Waals surface area contributed by atoms with Gasteiger partial charge in [0.15, 0.2) is 0 Å². The maximum Gasteiger partial charge on any atom is 0.460 e. The van der Waals surface area contributed by atoms with Crippen molar-refractivity contribution in [3.63, 3.8) is 0 Å². The molecule has 0 aliphatic rings. The SMILES string of the molecule is OC(F)(F)C(F)(F)C(O)(F)C(F)(F)C(F)(F)C(F)(F)C(F)(F)C(F)(F)F. The van der Waals surface area contributed by atoms with Gasteiger partial charge in [0, 0.05) is 0 Å². The number of rotatable bonds is 6. The molecule has 0 spiro atoms. The second-order valence-electron chi connectivity index (χ2n) is 4.53. The molecule has 2 nitrogen and oxygen atoms in total. The Labute approximate surface area is 130 Å². The minimum atomic E-state index is -8.54. The van der Waals surface area contributed by atoms with Crippen LogP contribution in [0.15, 0.2) is 0 Å². The van der Waals surface area contributed by atoms with E-state index in [1.807, 2.05) is 0 Å². The van der Waals surface area contributed by atoms with Crippen molar-refractivity contribution in [2.24, 2.45) is 0 Å². The molecule has 0 rings (SSSR count). The molecule has 0 fully saturated rings. The van der Waals surface area contributed by atoms with E-state index in [1.165, 1.54) is 0 Å². The molecule has 1 atom stereocenters. The van der Waals surface area contributed by atoms with Crippen LogP contribution >= 0.6 is 0 Å². The van der Waals surface area contributed by atoms with Gasteiger partial charge in [-0.25, -0.2) is 0 Å². The molecule has 0 saturated carbocycles. The molecule has 0 aromatic carbocycles. The number of hydrogen-bond donors (Lipinski definition) is 2. The van der Waals surface area contributed by atoms with Crippen LogP contribution in [0.4, 0.5) is 70.2 Å². The maximum atomic E-state index is 12.9. The Kier molecular flexibility index (Phi) is 5.39. The fraction of sp³-hybridized carbons (Fsp3) is 1.00. The van der Waals surface area contributed by atoms with Gasteiger partial charge in [0.2, 0.25) is 0 Å². The predicted molar refractivity (Wildman–Crippen MR) is 44.0 cm³/mol. The van der Waals surface area contributed by atoms with Gasteiger partial charge in [0.1, 0.15) is 0 Å². The molecule has 18 heteroatoms. The summed E-state index contributed by atoms with van der Waals surface area (Å²) in [6.07, 6.45) is -14.9. The number of aliphatic hydroxyl groups is 2. The summed E-state index contributed by atoms with van der Waals surface area (Å²) < 4.78 is 199. The van der Waals surface area contributed by atoms with Gasteiger partial charge in [-0.1, -0.05) is 0 Å². The summed E-state index contributed by atoms with van der Waals surface area (Å²) >= 11 is 0. The first-order chi connectivity index (χ1) is 10.8. The summed E-state index contributed by atoms with van der Waals surface area (Å²) in [5, 5.41) is 15.4. The summed E-state index contributed by atoms with van der Waals surface area (Å²) in [5.41, 5.74) is 0. The first-order valence-corrected chi connectivity index (χ1v) is 5.22. The minimum Gasteiger partial charge on any atom is -0.352 e. The van der Waals surface area contributed by atoms with Crippen LogP contribution < -0.4 is 0 Å². The lowest BCUT2D eigenvalue weighted by atomic mass is 9.90. The van der Waals surface area contributed by atoms with Crippen molar-refractivity contribution >= 4 is 0 Å². The molecule has 0 aromatic rings. The molecule has 0 amide bonds. The van der Waals surface area contributed by atoms with E-state index in [0.29, 0.717) is 0 Å². The summed E-state index contributed by atoms with van der Waals surface area (Å²) in [6.45, 7) is 0. The van der Waals surface area contributed by atoms with E-state index in [1.54, 1.807) is 0 Å². The molecule has 0 heterocycles. The largest absolute Gasteiger partial charge is 0.460 e. The van der Waals surface area contributed by atoms with Crippen LogP contribution in [0.1, 0.15) is 0 Å². The Morgan fingerprint density at radius 1 is 0.346 bits per heavy atom. The lowest BCUT2D eigenvalue weighted by molar-refractivity contribution is -0.487. The smallest absolute Gasteiger partial charge is 0.352 e. The van der Waals surface area contributed by atoms with Gasteiger partial charge in [-0.2, -0.15) is 70.2 Å². The Morgan fingerprint density at radius 2 is 0.615 bits per heavy atom. The standard InChI is InChI=1S/C8H2F16O2/c9-1(10,2(11,12)4(15,16)7(20,21)22)3(13,14)6(19,25)5(17,18)8(23,24)26/h25-26H. The van der Waals surface area contributed by atoms with Crippen molar-refractivity contribution in [3.8, 4) is 0 Å². The van der Waals surface area contributed by atoms with Crippen LogP contribution in [-0.4, -0.2) is 58.0 Å². The zero-order valence-corrected chi connectivity index (χ0v) is 10.9. The third kappa shape index (κ3) is 2.84. The molecule has 0 aromatic heterocycles. The highest BCUT2D eigenvalue weighted by Crippen LogP contribution is 2.62. The molecule has 2 N–H and O–H groups in total. The lowest BCUT2D eigenvalue weighted by Gasteiger charge is -2.42. The Hall–Kier alpha value is -1.20. The van der Waals surface area contributed by atoms with Crippen LogP contribution in [0.3, 0.4) is 0 Å². The van der Waals surface area contributed by atoms with Crippen molar-refractivity contribution in [2.75, 3.05) is 0 Å². The Morgan fingerprint density at radius 3 is 0.846 bits per heavy atom. The van der Waals surface area contributed by atoms with Crippen molar-refractivity contribution in [2.45, 2.75) is 47.8 Å². The topological polar surface area (TPSA) is 40.5 Å². The molecule has 1 unspecified atom stereocenters. The van der Waals surface area contributed by atoms with E-state index in [-0.39, 0.29) is 0 Å². The van der Waals surface area contributed by atoms with Gasteiger partial charge in [0.05, 0.1) is 0 Å². The third-order valence-electron chi connectivity index (χ3n) is 2.75. The van der Waals surface area contributed by atoms with Crippen LogP contribution in [0, 0.1) is 0 Å². The van der Waals surface area contributed by atoms with Crippen molar-refractivity contribution in [1.82, 2.24) is 0 Å². The normalized spacial score (nSPS) is 18.7. The van der Waals surface area contributed by atoms with E-state index >= 15 is 0 Å². The number of hydrogen-bond acceptors (Lipinski definition) is 2. The third-order valence-corrected chi connectivity index (χ3v) is 2.75. The van der Waals surface area contributed by atoms with Gasteiger partial charge in [-0.15, -0.1) is 0 Å². The van der Waals surface area contributed by atoms with E-state index in [9.17, 15) is 70.2 Å². The molecule has 0 radical (unpaired) electrons. The van der Waals surface area contributed by atoms with Crippen LogP contribution in [-0.2, 0) is 0 Å². The average Bonchev–Trinajstić information content (AvgIpc) is 2.34. The molecular weight excluding hydrogens is 432 g/mol. The summed E-state index contributed by atoms with van der Waals surface area (Å²) in [4.78, 5) is 0. The van der Waals surface area contributed by atoms with Gasteiger partial charge < -0.3 is 10.2 Å². The fourth-order valence-corrected chi connectivity index (χ4v) is 1.18. The van der Waals surface area contributed by atoms with Crippen molar-refractivity contribution < 1.29 is 80.5 Å².